The Bertz CT molecular complexity index is 1200. The second kappa shape index (κ2) is 7.37. The lowest BCUT2D eigenvalue weighted by atomic mass is 9.94. The maximum atomic E-state index is 6.32. The highest BCUT2D eigenvalue weighted by atomic mass is 32.2. The summed E-state index contributed by atoms with van der Waals surface area (Å²) >= 11 is 1.81. The molecule has 1 aliphatic rings. The van der Waals surface area contributed by atoms with Gasteiger partial charge in [-0.1, -0.05) is 42.5 Å². The Morgan fingerprint density at radius 2 is 1.59 bits per heavy atom. The van der Waals surface area contributed by atoms with Crippen molar-refractivity contribution in [2.24, 2.45) is 0 Å². The van der Waals surface area contributed by atoms with Crippen molar-refractivity contribution in [2.75, 3.05) is 14.2 Å². The van der Waals surface area contributed by atoms with Crippen LogP contribution in [-0.2, 0) is 0 Å². The van der Waals surface area contributed by atoms with Gasteiger partial charge >= 0.3 is 0 Å². The fourth-order valence-corrected chi connectivity index (χ4v) is 5.08. The van der Waals surface area contributed by atoms with Crippen LogP contribution in [0.25, 0.3) is 10.8 Å². The molecule has 5 rings (SSSR count). The minimum absolute atomic E-state index is 0.0952. The lowest BCUT2D eigenvalue weighted by Crippen LogP contribution is -2.08. The summed E-state index contributed by atoms with van der Waals surface area (Å²) in [5.74, 6) is 3.38. The van der Waals surface area contributed by atoms with Crippen molar-refractivity contribution >= 4 is 22.5 Å². The van der Waals surface area contributed by atoms with Crippen LogP contribution in [0.1, 0.15) is 16.4 Å². The van der Waals surface area contributed by atoms with Gasteiger partial charge in [0.15, 0.2) is 0 Å². The average molecular weight is 400 g/mol. The van der Waals surface area contributed by atoms with E-state index in [9.17, 15) is 0 Å². The van der Waals surface area contributed by atoms with Crippen molar-refractivity contribution in [1.29, 1.82) is 0 Å². The number of rotatable bonds is 4. The molecule has 4 aromatic carbocycles. The highest BCUT2D eigenvalue weighted by molar-refractivity contribution is 7.99. The highest BCUT2D eigenvalue weighted by Crippen LogP contribution is 2.54. The number of thioether (sulfide) groups is 1. The van der Waals surface area contributed by atoms with Crippen LogP contribution in [0.5, 0.6) is 23.0 Å². The molecule has 0 amide bonds. The zero-order valence-corrected chi connectivity index (χ0v) is 17.0. The SMILES string of the molecule is COc1cccc(SC2c3ccc(OC)cc3Oc3ccc4ccccc4c32)c1. The van der Waals surface area contributed by atoms with Crippen LogP contribution in [-0.4, -0.2) is 14.2 Å². The van der Waals surface area contributed by atoms with Crippen molar-refractivity contribution in [1.82, 2.24) is 0 Å². The first-order valence-electron chi connectivity index (χ1n) is 9.45. The Kier molecular flexibility index (Phi) is 4.57. The van der Waals surface area contributed by atoms with E-state index in [1.54, 1.807) is 26.0 Å². The van der Waals surface area contributed by atoms with Crippen LogP contribution in [0.2, 0.25) is 0 Å². The molecular weight excluding hydrogens is 380 g/mol. The monoisotopic (exact) mass is 400 g/mol. The van der Waals surface area contributed by atoms with Crippen LogP contribution in [0, 0.1) is 0 Å². The van der Waals surface area contributed by atoms with Gasteiger partial charge in [-0.05, 0) is 41.1 Å². The second-order valence-corrected chi connectivity index (χ2v) is 8.06. The van der Waals surface area contributed by atoms with E-state index < -0.39 is 0 Å². The van der Waals surface area contributed by atoms with E-state index in [0.29, 0.717) is 0 Å². The Balaban J connectivity index is 1.70. The molecule has 4 heteroatoms. The van der Waals surface area contributed by atoms with Gasteiger partial charge in [0.1, 0.15) is 23.0 Å². The maximum Gasteiger partial charge on any atom is 0.135 e. The van der Waals surface area contributed by atoms with Crippen LogP contribution < -0.4 is 14.2 Å². The fourth-order valence-electron chi connectivity index (χ4n) is 3.79. The summed E-state index contributed by atoms with van der Waals surface area (Å²) in [5, 5.41) is 2.52. The lowest BCUT2D eigenvalue weighted by molar-refractivity contribution is 0.406. The molecule has 1 heterocycles. The van der Waals surface area contributed by atoms with Crippen LogP contribution in [0.15, 0.2) is 83.8 Å². The summed E-state index contributed by atoms with van der Waals surface area (Å²) in [7, 11) is 3.37. The Labute approximate surface area is 174 Å². The molecule has 0 spiro atoms. The zero-order chi connectivity index (χ0) is 19.8. The smallest absolute Gasteiger partial charge is 0.135 e. The minimum atomic E-state index is 0.0952. The Hall–Kier alpha value is -3.11. The van der Waals surface area contributed by atoms with Gasteiger partial charge in [0.05, 0.1) is 19.5 Å². The molecule has 1 aliphatic heterocycles. The van der Waals surface area contributed by atoms with Gasteiger partial charge < -0.3 is 14.2 Å². The van der Waals surface area contributed by atoms with Crippen molar-refractivity contribution in [2.45, 2.75) is 10.1 Å². The first-order valence-corrected chi connectivity index (χ1v) is 10.3. The molecule has 0 bridgehead atoms. The fraction of sp³-hybridized carbons (Fsp3) is 0.120. The van der Waals surface area contributed by atoms with Crippen LogP contribution in [0.3, 0.4) is 0 Å². The average Bonchev–Trinajstić information content (AvgIpc) is 2.78. The van der Waals surface area contributed by atoms with Gasteiger partial charge in [0.2, 0.25) is 0 Å². The van der Waals surface area contributed by atoms with E-state index in [0.717, 1.165) is 33.5 Å². The highest BCUT2D eigenvalue weighted by Gasteiger charge is 2.30. The number of hydrogen-bond acceptors (Lipinski definition) is 4. The van der Waals surface area contributed by atoms with Crippen molar-refractivity contribution in [3.8, 4) is 23.0 Å². The van der Waals surface area contributed by atoms with E-state index in [1.165, 1.54) is 16.3 Å². The molecule has 144 valence electrons. The van der Waals surface area contributed by atoms with E-state index in [2.05, 4.69) is 54.6 Å². The third kappa shape index (κ3) is 3.19. The second-order valence-electron chi connectivity index (χ2n) is 6.88. The number of fused-ring (bicyclic) bond motifs is 4. The summed E-state index contributed by atoms with van der Waals surface area (Å²) < 4.78 is 17.2. The third-order valence-corrected chi connectivity index (χ3v) is 6.46. The first-order chi connectivity index (χ1) is 14.3. The summed E-state index contributed by atoms with van der Waals surface area (Å²) in [4.78, 5) is 1.15. The first kappa shape index (κ1) is 18.0. The maximum absolute atomic E-state index is 6.32. The van der Waals surface area contributed by atoms with Crippen LogP contribution in [0.4, 0.5) is 0 Å². The predicted molar refractivity (Wildman–Crippen MR) is 118 cm³/mol. The summed E-state index contributed by atoms with van der Waals surface area (Å²) in [6.45, 7) is 0. The van der Waals surface area contributed by atoms with E-state index in [4.69, 9.17) is 14.2 Å². The molecule has 0 fully saturated rings. The number of benzene rings is 4. The summed E-state index contributed by atoms with van der Waals surface area (Å²) in [6, 6.07) is 26.9. The molecule has 4 aromatic rings. The van der Waals surface area contributed by atoms with Crippen molar-refractivity contribution < 1.29 is 14.2 Å². The quantitative estimate of drug-likeness (QED) is 0.375. The normalized spacial score (nSPS) is 14.6. The topological polar surface area (TPSA) is 27.7 Å². The largest absolute Gasteiger partial charge is 0.497 e. The molecule has 29 heavy (non-hydrogen) atoms. The number of hydrogen-bond donors (Lipinski definition) is 0. The molecule has 3 nitrogen and oxygen atoms in total. The summed E-state index contributed by atoms with van der Waals surface area (Å²) in [6.07, 6.45) is 0. The molecule has 0 saturated carbocycles. The lowest BCUT2D eigenvalue weighted by Gasteiger charge is -2.29. The van der Waals surface area contributed by atoms with Gasteiger partial charge in [0, 0.05) is 22.1 Å². The van der Waals surface area contributed by atoms with Gasteiger partial charge in [0.25, 0.3) is 0 Å². The zero-order valence-electron chi connectivity index (χ0n) is 16.2. The minimum Gasteiger partial charge on any atom is -0.497 e. The molecule has 1 atom stereocenters. The molecule has 0 saturated heterocycles. The predicted octanol–water partition coefficient (Wildman–Crippen LogP) is 6.84. The van der Waals surface area contributed by atoms with Gasteiger partial charge in [-0.3, -0.25) is 0 Å². The molecule has 0 aliphatic carbocycles. The third-order valence-electron chi connectivity index (χ3n) is 5.21. The molecule has 0 N–H and O–H groups in total. The number of methoxy groups -OCH3 is 2. The van der Waals surface area contributed by atoms with Crippen molar-refractivity contribution in [3.05, 3.63) is 90.0 Å². The van der Waals surface area contributed by atoms with Gasteiger partial charge in [-0.15, -0.1) is 11.8 Å². The molecule has 0 aromatic heterocycles. The van der Waals surface area contributed by atoms with Crippen LogP contribution >= 0.6 is 11.8 Å². The molecule has 0 radical (unpaired) electrons. The standard InChI is InChI=1S/C25H20O3S/c1-26-17-7-5-8-19(14-17)29-25-21-12-11-18(27-2)15-23(21)28-22-13-10-16-6-3-4-9-20(16)24(22)25/h3-15,25H,1-2H3. The van der Waals surface area contributed by atoms with E-state index >= 15 is 0 Å². The Morgan fingerprint density at radius 1 is 0.759 bits per heavy atom. The van der Waals surface area contributed by atoms with Gasteiger partial charge in [-0.2, -0.15) is 0 Å². The van der Waals surface area contributed by atoms with Gasteiger partial charge in [-0.25, -0.2) is 0 Å². The molecule has 1 unspecified atom stereocenters. The molecular formula is C25H20O3S. The van der Waals surface area contributed by atoms with Crippen molar-refractivity contribution in [3.63, 3.8) is 0 Å². The van der Waals surface area contributed by atoms with E-state index in [1.807, 2.05) is 24.3 Å². The number of ether oxygens (including phenoxy) is 3. The van der Waals surface area contributed by atoms with E-state index in [-0.39, 0.29) is 5.25 Å². The Morgan fingerprint density at radius 3 is 2.45 bits per heavy atom. The summed E-state index contributed by atoms with van der Waals surface area (Å²) in [5.41, 5.74) is 2.34.